The lowest BCUT2D eigenvalue weighted by molar-refractivity contribution is 0.393. The van der Waals surface area contributed by atoms with Gasteiger partial charge in [-0.25, -0.2) is 0 Å². The summed E-state index contributed by atoms with van der Waals surface area (Å²) in [6.07, 6.45) is 2.85. The first kappa shape index (κ1) is 7.79. The van der Waals surface area contributed by atoms with Crippen LogP contribution in [0.4, 0.5) is 0 Å². The molecule has 0 bridgehead atoms. The standard InChI is InChI=1S/C7H14IN/c1-9-5-3-7(6-9)2-4-8/h7H,2-6H2,1H3/t7-/m0/s1. The van der Waals surface area contributed by atoms with E-state index in [1.54, 1.807) is 0 Å². The molecule has 0 saturated carbocycles. The third-order valence-electron chi connectivity index (χ3n) is 2.01. The maximum atomic E-state index is 2.47. The van der Waals surface area contributed by atoms with Crippen LogP contribution in [-0.4, -0.2) is 29.5 Å². The Labute approximate surface area is 70.9 Å². The van der Waals surface area contributed by atoms with Crippen molar-refractivity contribution in [2.75, 3.05) is 24.6 Å². The van der Waals surface area contributed by atoms with Gasteiger partial charge < -0.3 is 4.90 Å². The summed E-state index contributed by atoms with van der Waals surface area (Å²) in [5.41, 5.74) is 0. The summed E-state index contributed by atoms with van der Waals surface area (Å²) in [5.74, 6) is 1.01. The van der Waals surface area contributed by atoms with E-state index >= 15 is 0 Å². The van der Waals surface area contributed by atoms with Crippen molar-refractivity contribution in [3.8, 4) is 0 Å². The first-order chi connectivity index (χ1) is 4.33. The average Bonchev–Trinajstić information content (AvgIpc) is 2.17. The summed E-state index contributed by atoms with van der Waals surface area (Å²) in [7, 11) is 2.22. The molecule has 2 heteroatoms. The minimum atomic E-state index is 1.01. The lowest BCUT2D eigenvalue weighted by atomic mass is 10.1. The number of hydrogen-bond donors (Lipinski definition) is 0. The fourth-order valence-corrected chi connectivity index (χ4v) is 2.30. The molecule has 0 aromatic heterocycles. The number of halogens is 1. The van der Waals surface area contributed by atoms with Crippen LogP contribution in [0.1, 0.15) is 12.8 Å². The van der Waals surface area contributed by atoms with Gasteiger partial charge in [0.25, 0.3) is 0 Å². The third-order valence-corrected chi connectivity index (χ3v) is 2.63. The van der Waals surface area contributed by atoms with Crippen LogP contribution in [0.15, 0.2) is 0 Å². The van der Waals surface area contributed by atoms with E-state index in [9.17, 15) is 0 Å². The van der Waals surface area contributed by atoms with Crippen LogP contribution in [0.3, 0.4) is 0 Å². The van der Waals surface area contributed by atoms with E-state index < -0.39 is 0 Å². The zero-order valence-corrected chi connectivity index (χ0v) is 8.10. The maximum Gasteiger partial charge on any atom is 0.000735 e. The van der Waals surface area contributed by atoms with Crippen LogP contribution in [0, 0.1) is 5.92 Å². The normalized spacial score (nSPS) is 29.3. The largest absolute Gasteiger partial charge is 0.306 e. The zero-order chi connectivity index (χ0) is 6.69. The molecule has 1 rings (SSSR count). The summed E-state index contributed by atoms with van der Waals surface area (Å²) in [5, 5.41) is 0. The molecule has 1 nitrogen and oxygen atoms in total. The molecule has 1 heterocycles. The quantitative estimate of drug-likeness (QED) is 0.524. The second-order valence-corrected chi connectivity index (χ2v) is 3.97. The van der Waals surface area contributed by atoms with Crippen LogP contribution in [0.25, 0.3) is 0 Å². The minimum absolute atomic E-state index is 1.01. The van der Waals surface area contributed by atoms with Crippen molar-refractivity contribution >= 4 is 22.6 Å². The predicted octanol–water partition coefficient (Wildman–Crippen LogP) is 1.76. The average molecular weight is 239 g/mol. The Morgan fingerprint density at radius 1 is 1.67 bits per heavy atom. The van der Waals surface area contributed by atoms with E-state index in [0.717, 1.165) is 5.92 Å². The van der Waals surface area contributed by atoms with Crippen molar-refractivity contribution in [2.45, 2.75) is 12.8 Å². The Hall–Kier alpha value is 0.690. The molecule has 1 aliphatic rings. The molecule has 9 heavy (non-hydrogen) atoms. The van der Waals surface area contributed by atoms with Crippen molar-refractivity contribution in [2.24, 2.45) is 5.92 Å². The van der Waals surface area contributed by atoms with E-state index in [2.05, 4.69) is 34.5 Å². The van der Waals surface area contributed by atoms with Crippen molar-refractivity contribution in [1.82, 2.24) is 4.90 Å². The summed E-state index contributed by atoms with van der Waals surface area (Å²) < 4.78 is 1.33. The van der Waals surface area contributed by atoms with E-state index in [-0.39, 0.29) is 0 Å². The molecule has 0 N–H and O–H groups in total. The van der Waals surface area contributed by atoms with Crippen LogP contribution in [0.5, 0.6) is 0 Å². The molecule has 0 aliphatic carbocycles. The van der Waals surface area contributed by atoms with Gasteiger partial charge in [0.15, 0.2) is 0 Å². The number of alkyl halides is 1. The first-order valence-corrected chi connectivity index (χ1v) is 5.10. The first-order valence-electron chi connectivity index (χ1n) is 3.57. The van der Waals surface area contributed by atoms with Crippen molar-refractivity contribution in [3.05, 3.63) is 0 Å². The molecule has 0 aromatic carbocycles. The summed E-state index contributed by atoms with van der Waals surface area (Å²) in [6, 6.07) is 0. The Morgan fingerprint density at radius 2 is 2.44 bits per heavy atom. The highest BCUT2D eigenvalue weighted by atomic mass is 127. The molecule has 0 radical (unpaired) electrons. The highest BCUT2D eigenvalue weighted by Gasteiger charge is 2.17. The Bertz CT molecular complexity index is 83.0. The molecular weight excluding hydrogens is 225 g/mol. The van der Waals surface area contributed by atoms with Gasteiger partial charge >= 0.3 is 0 Å². The monoisotopic (exact) mass is 239 g/mol. The van der Waals surface area contributed by atoms with Crippen LogP contribution >= 0.6 is 22.6 Å². The second-order valence-electron chi connectivity index (χ2n) is 2.89. The molecule has 0 aromatic rings. The smallest absolute Gasteiger partial charge is 0.000735 e. The summed E-state index contributed by atoms with van der Waals surface area (Å²) in [4.78, 5) is 2.43. The van der Waals surface area contributed by atoms with Crippen molar-refractivity contribution < 1.29 is 0 Å². The SMILES string of the molecule is CN1CC[C@H](CCI)C1. The van der Waals surface area contributed by atoms with Crippen molar-refractivity contribution in [3.63, 3.8) is 0 Å². The Kier molecular flexibility index (Phi) is 3.26. The molecule has 0 amide bonds. The molecule has 1 saturated heterocycles. The van der Waals surface area contributed by atoms with Gasteiger partial charge in [-0.15, -0.1) is 0 Å². The maximum absolute atomic E-state index is 2.47. The molecule has 1 fully saturated rings. The van der Waals surface area contributed by atoms with Crippen LogP contribution in [-0.2, 0) is 0 Å². The van der Waals surface area contributed by atoms with Gasteiger partial charge in [-0.1, -0.05) is 22.6 Å². The highest BCUT2D eigenvalue weighted by Crippen LogP contribution is 2.18. The predicted molar refractivity (Wildman–Crippen MR) is 49.1 cm³/mol. The van der Waals surface area contributed by atoms with E-state index in [4.69, 9.17) is 0 Å². The Morgan fingerprint density at radius 3 is 2.89 bits per heavy atom. The van der Waals surface area contributed by atoms with Gasteiger partial charge in [0.05, 0.1) is 0 Å². The van der Waals surface area contributed by atoms with Gasteiger partial charge in [-0.2, -0.15) is 0 Å². The zero-order valence-electron chi connectivity index (χ0n) is 5.94. The van der Waals surface area contributed by atoms with Gasteiger partial charge in [0, 0.05) is 6.54 Å². The number of nitrogens with zero attached hydrogens (tertiary/aromatic N) is 1. The lowest BCUT2D eigenvalue weighted by Gasteiger charge is -2.07. The number of likely N-dealkylation sites (tertiary alicyclic amines) is 1. The highest BCUT2D eigenvalue weighted by molar-refractivity contribution is 14.1. The van der Waals surface area contributed by atoms with Gasteiger partial charge in [0.1, 0.15) is 0 Å². The fourth-order valence-electron chi connectivity index (χ4n) is 1.42. The molecule has 0 spiro atoms. The fraction of sp³-hybridized carbons (Fsp3) is 1.00. The Balaban J connectivity index is 2.14. The van der Waals surface area contributed by atoms with E-state index in [0.29, 0.717) is 0 Å². The van der Waals surface area contributed by atoms with E-state index in [1.165, 1.54) is 30.4 Å². The van der Waals surface area contributed by atoms with Crippen molar-refractivity contribution in [1.29, 1.82) is 0 Å². The summed E-state index contributed by atoms with van der Waals surface area (Å²) in [6.45, 7) is 2.66. The summed E-state index contributed by atoms with van der Waals surface area (Å²) >= 11 is 2.47. The van der Waals surface area contributed by atoms with Gasteiger partial charge in [-0.3, -0.25) is 0 Å². The van der Waals surface area contributed by atoms with Crippen LogP contribution < -0.4 is 0 Å². The van der Waals surface area contributed by atoms with E-state index in [1.807, 2.05) is 0 Å². The molecule has 1 atom stereocenters. The topological polar surface area (TPSA) is 3.24 Å². The number of rotatable bonds is 2. The molecule has 1 aliphatic heterocycles. The third kappa shape index (κ3) is 2.42. The molecule has 0 unspecified atom stereocenters. The molecular formula is C7H14IN. The van der Waals surface area contributed by atoms with Crippen LogP contribution in [0.2, 0.25) is 0 Å². The van der Waals surface area contributed by atoms with Gasteiger partial charge in [-0.05, 0) is 36.8 Å². The second kappa shape index (κ2) is 3.76. The van der Waals surface area contributed by atoms with Gasteiger partial charge in [0.2, 0.25) is 0 Å². The number of hydrogen-bond acceptors (Lipinski definition) is 1. The lowest BCUT2D eigenvalue weighted by Crippen LogP contribution is -2.13. The minimum Gasteiger partial charge on any atom is -0.306 e. The molecule has 54 valence electrons.